The Morgan fingerprint density at radius 3 is 2.72 bits per heavy atom. The van der Waals surface area contributed by atoms with Crippen LogP contribution in [0.4, 0.5) is 10.1 Å². The van der Waals surface area contributed by atoms with Crippen molar-refractivity contribution in [1.29, 1.82) is 0 Å². The number of benzene rings is 2. The number of anilines is 1. The molecule has 0 saturated heterocycles. The summed E-state index contributed by atoms with van der Waals surface area (Å²) in [5.74, 6) is -0.490. The lowest BCUT2D eigenvalue weighted by atomic mass is 10.2. The highest BCUT2D eigenvalue weighted by molar-refractivity contribution is 9.13. The van der Waals surface area contributed by atoms with Gasteiger partial charge < -0.3 is 9.73 Å². The van der Waals surface area contributed by atoms with Gasteiger partial charge in [0.1, 0.15) is 5.82 Å². The maximum atomic E-state index is 13.7. The monoisotopic (exact) mass is 485 g/mol. The predicted molar refractivity (Wildman–Crippen MR) is 101 cm³/mol. The summed E-state index contributed by atoms with van der Waals surface area (Å²) in [6.07, 6.45) is 0. The van der Waals surface area contributed by atoms with E-state index in [2.05, 4.69) is 47.4 Å². The summed E-state index contributed by atoms with van der Waals surface area (Å²) in [7, 11) is 0. The van der Waals surface area contributed by atoms with Crippen LogP contribution in [0.25, 0.3) is 11.5 Å². The third kappa shape index (κ3) is 4.68. The van der Waals surface area contributed by atoms with Gasteiger partial charge in [-0.2, -0.15) is 0 Å². The Bertz CT molecular complexity index is 920. The van der Waals surface area contributed by atoms with Gasteiger partial charge in [-0.3, -0.25) is 4.79 Å². The van der Waals surface area contributed by atoms with Gasteiger partial charge in [0.15, 0.2) is 0 Å². The molecule has 3 rings (SSSR count). The van der Waals surface area contributed by atoms with Crippen LogP contribution in [-0.4, -0.2) is 21.9 Å². The smallest absolute Gasteiger partial charge is 0.277 e. The van der Waals surface area contributed by atoms with Crippen LogP contribution in [0, 0.1) is 5.82 Å². The van der Waals surface area contributed by atoms with Crippen molar-refractivity contribution in [3.05, 3.63) is 57.2 Å². The molecular weight excluding hydrogens is 477 g/mol. The summed E-state index contributed by atoms with van der Waals surface area (Å²) >= 11 is 7.82. The quantitative estimate of drug-likeness (QED) is 0.506. The molecule has 0 fully saturated rings. The SMILES string of the molecule is O=C(CSc1nnc(-c2ccccc2F)o1)Nc1ccc(Br)c(Br)c1. The Balaban J connectivity index is 1.59. The molecule has 2 aromatic carbocycles. The first-order valence-electron chi connectivity index (χ1n) is 6.99. The van der Waals surface area contributed by atoms with E-state index >= 15 is 0 Å². The van der Waals surface area contributed by atoms with Crippen LogP contribution < -0.4 is 5.32 Å². The van der Waals surface area contributed by atoms with Crippen molar-refractivity contribution in [2.45, 2.75) is 5.22 Å². The molecule has 0 bridgehead atoms. The number of hydrogen-bond donors (Lipinski definition) is 1. The lowest BCUT2D eigenvalue weighted by molar-refractivity contribution is -0.113. The number of amides is 1. The average Bonchev–Trinajstić information content (AvgIpc) is 3.05. The number of carbonyl (C=O) groups excluding carboxylic acids is 1. The standard InChI is InChI=1S/C16H10Br2FN3O2S/c17-11-6-5-9(7-12(11)18)20-14(23)8-25-16-22-21-15(24-16)10-3-1-2-4-13(10)19/h1-7H,8H2,(H,20,23). The molecule has 1 amide bonds. The first-order chi connectivity index (χ1) is 12.0. The zero-order chi connectivity index (χ0) is 17.8. The van der Waals surface area contributed by atoms with Gasteiger partial charge in [0, 0.05) is 14.6 Å². The molecule has 1 N–H and O–H groups in total. The molecule has 0 unspecified atom stereocenters. The number of hydrogen-bond acceptors (Lipinski definition) is 5. The van der Waals surface area contributed by atoms with Crippen molar-refractivity contribution in [3.8, 4) is 11.5 Å². The fraction of sp³-hybridized carbons (Fsp3) is 0.0625. The topological polar surface area (TPSA) is 68.0 Å². The Morgan fingerprint density at radius 2 is 1.96 bits per heavy atom. The highest BCUT2D eigenvalue weighted by Gasteiger charge is 2.14. The molecule has 0 spiro atoms. The number of carbonyl (C=O) groups is 1. The molecule has 5 nitrogen and oxygen atoms in total. The van der Waals surface area contributed by atoms with Gasteiger partial charge in [0.25, 0.3) is 11.1 Å². The van der Waals surface area contributed by atoms with E-state index in [1.165, 1.54) is 6.07 Å². The first-order valence-corrected chi connectivity index (χ1v) is 9.56. The van der Waals surface area contributed by atoms with E-state index in [1.807, 2.05) is 6.07 Å². The largest absolute Gasteiger partial charge is 0.411 e. The van der Waals surface area contributed by atoms with E-state index in [0.29, 0.717) is 5.69 Å². The molecule has 0 aliphatic rings. The molecule has 9 heteroatoms. The van der Waals surface area contributed by atoms with Gasteiger partial charge in [-0.05, 0) is 62.2 Å². The summed E-state index contributed by atoms with van der Waals surface area (Å²) < 4.78 is 20.8. The Kier molecular flexibility index (Phi) is 5.87. The van der Waals surface area contributed by atoms with Gasteiger partial charge in [-0.25, -0.2) is 4.39 Å². The molecule has 128 valence electrons. The van der Waals surface area contributed by atoms with Crippen LogP contribution in [0.15, 0.2) is 61.0 Å². The highest BCUT2D eigenvalue weighted by Crippen LogP contribution is 2.27. The third-order valence-corrected chi connectivity index (χ3v) is 5.74. The summed E-state index contributed by atoms with van der Waals surface area (Å²) in [6.45, 7) is 0. The van der Waals surface area contributed by atoms with Crippen LogP contribution in [0.5, 0.6) is 0 Å². The summed E-state index contributed by atoms with van der Waals surface area (Å²) in [4.78, 5) is 12.0. The number of halogens is 3. The number of aromatic nitrogens is 2. The molecule has 0 radical (unpaired) electrons. The molecule has 0 aliphatic carbocycles. The molecule has 1 heterocycles. The first kappa shape index (κ1) is 18.1. The van der Waals surface area contributed by atoms with Gasteiger partial charge in [-0.15, -0.1) is 10.2 Å². The predicted octanol–water partition coefficient (Wildman–Crippen LogP) is 5.13. The van der Waals surface area contributed by atoms with Crippen molar-refractivity contribution in [2.24, 2.45) is 0 Å². The van der Waals surface area contributed by atoms with E-state index in [1.54, 1.807) is 30.3 Å². The zero-order valence-corrected chi connectivity index (χ0v) is 16.5. The second-order valence-corrected chi connectivity index (χ2v) is 7.45. The second kappa shape index (κ2) is 8.11. The summed E-state index contributed by atoms with van der Waals surface area (Å²) in [6, 6.07) is 11.5. The molecule has 0 atom stereocenters. The zero-order valence-electron chi connectivity index (χ0n) is 12.5. The maximum Gasteiger partial charge on any atom is 0.277 e. The number of nitrogens with zero attached hydrogens (tertiary/aromatic N) is 2. The van der Waals surface area contributed by atoms with Gasteiger partial charge >= 0.3 is 0 Å². The molecule has 0 saturated carbocycles. The minimum atomic E-state index is -0.443. The minimum absolute atomic E-state index is 0.0813. The number of thioether (sulfide) groups is 1. The van der Waals surface area contributed by atoms with Crippen molar-refractivity contribution in [2.75, 3.05) is 11.1 Å². The maximum absolute atomic E-state index is 13.7. The second-order valence-electron chi connectivity index (χ2n) is 4.82. The van der Waals surface area contributed by atoms with E-state index in [0.717, 1.165) is 20.7 Å². The van der Waals surface area contributed by atoms with E-state index in [4.69, 9.17) is 4.42 Å². The van der Waals surface area contributed by atoms with Crippen LogP contribution in [0.2, 0.25) is 0 Å². The van der Waals surface area contributed by atoms with Crippen molar-refractivity contribution >= 4 is 55.2 Å². The lowest BCUT2D eigenvalue weighted by Gasteiger charge is -2.05. The highest BCUT2D eigenvalue weighted by atomic mass is 79.9. The Labute approximate surface area is 163 Å². The molecule has 1 aromatic heterocycles. The van der Waals surface area contributed by atoms with Crippen molar-refractivity contribution in [3.63, 3.8) is 0 Å². The van der Waals surface area contributed by atoms with Crippen LogP contribution in [0.3, 0.4) is 0 Å². The Morgan fingerprint density at radius 1 is 1.16 bits per heavy atom. The van der Waals surface area contributed by atoms with Gasteiger partial charge in [-0.1, -0.05) is 23.9 Å². The molecule has 0 aliphatic heterocycles. The molecular formula is C16H10Br2FN3O2S. The van der Waals surface area contributed by atoms with Gasteiger partial charge in [0.2, 0.25) is 5.91 Å². The van der Waals surface area contributed by atoms with E-state index < -0.39 is 5.82 Å². The number of rotatable bonds is 5. The van der Waals surface area contributed by atoms with E-state index in [9.17, 15) is 9.18 Å². The molecule has 25 heavy (non-hydrogen) atoms. The fourth-order valence-electron chi connectivity index (χ4n) is 1.91. The molecule has 3 aromatic rings. The summed E-state index contributed by atoms with van der Waals surface area (Å²) in [5.41, 5.74) is 0.893. The normalized spacial score (nSPS) is 10.7. The van der Waals surface area contributed by atoms with Crippen molar-refractivity contribution < 1.29 is 13.6 Å². The number of nitrogens with one attached hydrogen (secondary N) is 1. The van der Waals surface area contributed by atoms with Crippen LogP contribution in [0.1, 0.15) is 0 Å². The van der Waals surface area contributed by atoms with Crippen molar-refractivity contribution in [1.82, 2.24) is 10.2 Å². The van der Waals surface area contributed by atoms with Crippen LogP contribution in [-0.2, 0) is 4.79 Å². The Hall–Kier alpha value is -1.71. The van der Waals surface area contributed by atoms with Gasteiger partial charge in [0.05, 0.1) is 11.3 Å². The average molecular weight is 487 g/mol. The minimum Gasteiger partial charge on any atom is -0.411 e. The summed E-state index contributed by atoms with van der Waals surface area (Å²) in [5, 5.41) is 10.6. The van der Waals surface area contributed by atoms with E-state index in [-0.39, 0.29) is 28.3 Å². The van der Waals surface area contributed by atoms with Crippen LogP contribution >= 0.6 is 43.6 Å². The fourth-order valence-corrected chi connectivity index (χ4v) is 3.10. The third-order valence-electron chi connectivity index (χ3n) is 3.04. The lowest BCUT2D eigenvalue weighted by Crippen LogP contribution is -2.13.